The first-order valence-corrected chi connectivity index (χ1v) is 10.5. The molecule has 0 spiro atoms. The van der Waals surface area contributed by atoms with Gasteiger partial charge in [0.15, 0.2) is 0 Å². The van der Waals surface area contributed by atoms with Crippen molar-refractivity contribution in [3.05, 3.63) is 53.1 Å². The lowest BCUT2D eigenvalue weighted by atomic mass is 10.2. The first-order chi connectivity index (χ1) is 13.4. The first kappa shape index (κ1) is 22.8. The second kappa shape index (κ2) is 8.91. The van der Waals surface area contributed by atoms with Gasteiger partial charge < -0.3 is 10.1 Å². The molecule has 0 aliphatic rings. The number of nitrogens with zero attached hydrogens (tertiary/aromatic N) is 1. The number of alkyl halides is 3. The Bertz CT molecular complexity index is 980. The maximum atomic E-state index is 12.9. The number of rotatable bonds is 7. The molecule has 2 aromatic carbocycles. The van der Waals surface area contributed by atoms with Crippen molar-refractivity contribution in [3.63, 3.8) is 0 Å². The summed E-state index contributed by atoms with van der Waals surface area (Å²) in [5.41, 5.74) is -1.07. The van der Waals surface area contributed by atoms with Crippen LogP contribution in [0.3, 0.4) is 0 Å². The van der Waals surface area contributed by atoms with Crippen LogP contribution in [0.1, 0.15) is 12.5 Å². The fourth-order valence-corrected chi connectivity index (χ4v) is 3.41. The summed E-state index contributed by atoms with van der Waals surface area (Å²) in [6, 6.07) is 8.45. The topological polar surface area (TPSA) is 75.7 Å². The number of hydrogen-bond acceptors (Lipinski definition) is 4. The van der Waals surface area contributed by atoms with Crippen LogP contribution in [0, 0.1) is 0 Å². The lowest BCUT2D eigenvalue weighted by Crippen LogP contribution is -2.37. The van der Waals surface area contributed by atoms with Crippen LogP contribution in [0.4, 0.5) is 24.5 Å². The van der Waals surface area contributed by atoms with Gasteiger partial charge in [0.05, 0.1) is 34.8 Å². The molecule has 0 heterocycles. The number of halogens is 4. The predicted molar refractivity (Wildman–Crippen MR) is 105 cm³/mol. The summed E-state index contributed by atoms with van der Waals surface area (Å²) < 4.78 is 68.9. The molecule has 158 valence electrons. The molecule has 1 N–H and O–H groups in total. The molecule has 11 heteroatoms. The van der Waals surface area contributed by atoms with E-state index in [0.29, 0.717) is 18.4 Å². The number of amides is 1. The molecule has 0 bridgehead atoms. The zero-order valence-corrected chi connectivity index (χ0v) is 17.0. The number of sulfonamides is 1. The number of benzene rings is 2. The van der Waals surface area contributed by atoms with Crippen molar-refractivity contribution in [1.82, 2.24) is 0 Å². The molecule has 0 radical (unpaired) electrons. The van der Waals surface area contributed by atoms with Crippen molar-refractivity contribution in [2.24, 2.45) is 0 Å². The van der Waals surface area contributed by atoms with E-state index in [1.807, 2.05) is 0 Å². The van der Waals surface area contributed by atoms with Crippen molar-refractivity contribution in [2.45, 2.75) is 13.1 Å². The summed E-state index contributed by atoms with van der Waals surface area (Å²) in [6.07, 6.45) is -3.71. The van der Waals surface area contributed by atoms with Gasteiger partial charge in [-0.1, -0.05) is 11.6 Å². The molecule has 0 unspecified atom stereocenters. The highest BCUT2D eigenvalue weighted by Crippen LogP contribution is 2.34. The highest BCUT2D eigenvalue weighted by Gasteiger charge is 2.31. The number of nitrogens with one attached hydrogen (secondary N) is 1. The minimum Gasteiger partial charge on any atom is -0.494 e. The second-order valence-corrected chi connectivity index (χ2v) is 8.25. The van der Waals surface area contributed by atoms with Gasteiger partial charge in [0.25, 0.3) is 0 Å². The Kier molecular flexibility index (Phi) is 7.02. The van der Waals surface area contributed by atoms with Gasteiger partial charge in [0.2, 0.25) is 15.9 Å². The monoisotopic (exact) mass is 450 g/mol. The Morgan fingerprint density at radius 3 is 2.31 bits per heavy atom. The first-order valence-electron chi connectivity index (χ1n) is 8.29. The van der Waals surface area contributed by atoms with E-state index in [0.717, 1.165) is 22.7 Å². The fraction of sp³-hybridized carbons (Fsp3) is 0.278. The van der Waals surface area contributed by atoms with Gasteiger partial charge in [-0.25, -0.2) is 8.42 Å². The average molecular weight is 451 g/mol. The molecule has 6 nitrogen and oxygen atoms in total. The number of ether oxygens (including phenoxy) is 1. The van der Waals surface area contributed by atoms with Gasteiger partial charge in [-0.2, -0.15) is 13.2 Å². The SMILES string of the molecule is CCOc1ccc(N(CC(=O)Nc2cc(C(F)(F)F)ccc2Cl)S(C)(=O)=O)cc1. The van der Waals surface area contributed by atoms with Crippen LogP contribution in [-0.2, 0) is 21.0 Å². The quantitative estimate of drug-likeness (QED) is 0.687. The van der Waals surface area contributed by atoms with Crippen molar-refractivity contribution in [1.29, 1.82) is 0 Å². The summed E-state index contributed by atoms with van der Waals surface area (Å²) in [5, 5.41) is 2.11. The summed E-state index contributed by atoms with van der Waals surface area (Å²) >= 11 is 5.85. The highest BCUT2D eigenvalue weighted by molar-refractivity contribution is 7.92. The van der Waals surface area contributed by atoms with Crippen LogP contribution in [0.25, 0.3) is 0 Å². The number of anilines is 2. The van der Waals surface area contributed by atoms with Gasteiger partial charge in [-0.3, -0.25) is 9.10 Å². The summed E-state index contributed by atoms with van der Waals surface area (Å²) in [6.45, 7) is 1.56. The average Bonchev–Trinajstić information content (AvgIpc) is 2.61. The zero-order chi connectivity index (χ0) is 21.8. The molecular formula is C18H18ClF3N2O4S. The number of hydrogen-bond donors (Lipinski definition) is 1. The molecule has 0 atom stereocenters. The van der Waals surface area contributed by atoms with Gasteiger partial charge in [-0.05, 0) is 49.4 Å². The van der Waals surface area contributed by atoms with Crippen molar-refractivity contribution >= 4 is 38.9 Å². The third-order valence-electron chi connectivity index (χ3n) is 3.69. The van der Waals surface area contributed by atoms with Gasteiger partial charge in [-0.15, -0.1) is 0 Å². The Morgan fingerprint density at radius 1 is 1.17 bits per heavy atom. The van der Waals surface area contributed by atoms with Gasteiger partial charge >= 0.3 is 6.18 Å². The van der Waals surface area contributed by atoms with Crippen molar-refractivity contribution < 1.29 is 31.1 Å². The highest BCUT2D eigenvalue weighted by atomic mass is 35.5. The van der Waals surface area contributed by atoms with Crippen LogP contribution < -0.4 is 14.4 Å². The normalized spacial score (nSPS) is 11.8. The molecule has 29 heavy (non-hydrogen) atoms. The number of carbonyl (C=O) groups is 1. The lowest BCUT2D eigenvalue weighted by Gasteiger charge is -2.22. The Balaban J connectivity index is 2.23. The fourth-order valence-electron chi connectivity index (χ4n) is 2.39. The van der Waals surface area contributed by atoms with Crippen molar-refractivity contribution in [2.75, 3.05) is 29.0 Å². The molecule has 2 rings (SSSR count). The Labute approximate surface area is 171 Å². The maximum Gasteiger partial charge on any atom is 0.416 e. The molecule has 2 aromatic rings. The summed E-state index contributed by atoms with van der Waals surface area (Å²) in [5.74, 6) is -0.338. The van der Waals surface area contributed by atoms with E-state index in [1.165, 1.54) is 12.1 Å². The maximum absolute atomic E-state index is 12.9. The molecule has 0 fully saturated rings. The molecule has 0 aliphatic carbocycles. The van der Waals surface area contributed by atoms with E-state index in [4.69, 9.17) is 16.3 Å². The predicted octanol–water partition coefficient (Wildman–Crippen LogP) is 4.16. The number of carbonyl (C=O) groups excluding carboxylic acids is 1. The van der Waals surface area contributed by atoms with Crippen LogP contribution in [-0.4, -0.2) is 33.7 Å². The lowest BCUT2D eigenvalue weighted by molar-refractivity contribution is -0.137. The summed E-state index contributed by atoms with van der Waals surface area (Å²) in [4.78, 5) is 12.3. The minimum atomic E-state index is -4.62. The molecule has 1 amide bonds. The van der Waals surface area contributed by atoms with E-state index in [1.54, 1.807) is 19.1 Å². The third-order valence-corrected chi connectivity index (χ3v) is 5.16. The minimum absolute atomic E-state index is 0.113. The Morgan fingerprint density at radius 2 is 1.79 bits per heavy atom. The van der Waals surface area contributed by atoms with E-state index in [-0.39, 0.29) is 16.4 Å². The largest absolute Gasteiger partial charge is 0.494 e. The van der Waals surface area contributed by atoms with Crippen LogP contribution in [0.2, 0.25) is 5.02 Å². The molecule has 0 saturated heterocycles. The van der Waals surface area contributed by atoms with E-state index >= 15 is 0 Å². The van der Waals surface area contributed by atoms with Crippen molar-refractivity contribution in [3.8, 4) is 5.75 Å². The van der Waals surface area contributed by atoms with Crippen LogP contribution >= 0.6 is 11.6 Å². The molecule has 0 aromatic heterocycles. The molecule has 0 saturated carbocycles. The Hall–Kier alpha value is -2.46. The van der Waals surface area contributed by atoms with Crippen LogP contribution in [0.15, 0.2) is 42.5 Å². The molecular weight excluding hydrogens is 433 g/mol. The smallest absolute Gasteiger partial charge is 0.416 e. The van der Waals surface area contributed by atoms with E-state index in [9.17, 15) is 26.4 Å². The molecule has 0 aliphatic heterocycles. The zero-order valence-electron chi connectivity index (χ0n) is 15.5. The van der Waals surface area contributed by atoms with Crippen LogP contribution in [0.5, 0.6) is 5.75 Å². The third kappa shape index (κ3) is 6.26. The standard InChI is InChI=1S/C18H18ClF3N2O4S/c1-3-28-14-7-5-13(6-8-14)24(29(2,26)27)11-17(25)23-16-10-12(18(20,21)22)4-9-15(16)19/h4-10H,3,11H2,1-2H3,(H,23,25). The van der Waals surface area contributed by atoms with Gasteiger partial charge in [0, 0.05) is 0 Å². The summed E-state index contributed by atoms with van der Waals surface area (Å²) in [7, 11) is -3.85. The van der Waals surface area contributed by atoms with Gasteiger partial charge in [0.1, 0.15) is 12.3 Å². The second-order valence-electron chi connectivity index (χ2n) is 5.94. The van der Waals surface area contributed by atoms with E-state index < -0.39 is 34.2 Å². The van der Waals surface area contributed by atoms with E-state index in [2.05, 4.69) is 5.32 Å².